The van der Waals surface area contributed by atoms with Gasteiger partial charge in [0.2, 0.25) is 0 Å². The Labute approximate surface area is 177 Å². The van der Waals surface area contributed by atoms with Gasteiger partial charge in [0.25, 0.3) is 6.02 Å². The van der Waals surface area contributed by atoms with Crippen molar-refractivity contribution in [3.8, 4) is 11.8 Å². The highest BCUT2D eigenvalue weighted by molar-refractivity contribution is 5.73. The maximum Gasteiger partial charge on any atom is 0.425 e. The average Bonchev–Trinajstić information content (AvgIpc) is 3.06. The number of fused-ring (bicyclic) bond motifs is 1. The van der Waals surface area contributed by atoms with Crippen LogP contribution in [0.1, 0.15) is 42.5 Å². The molecule has 31 heavy (non-hydrogen) atoms. The van der Waals surface area contributed by atoms with Crippen LogP contribution in [0.5, 0.6) is 0 Å². The zero-order valence-electron chi connectivity index (χ0n) is 17.0. The predicted octanol–water partition coefficient (Wildman–Crippen LogP) is 4.46. The van der Waals surface area contributed by atoms with Crippen LogP contribution in [0.25, 0.3) is 0 Å². The molecule has 2 aliphatic rings. The van der Waals surface area contributed by atoms with Gasteiger partial charge in [-0.3, -0.25) is 0 Å². The molecule has 2 aromatic carbocycles. The van der Waals surface area contributed by atoms with E-state index in [1.54, 1.807) is 0 Å². The molecule has 162 valence electrons. The molecule has 2 heterocycles. The van der Waals surface area contributed by atoms with Gasteiger partial charge in [0.1, 0.15) is 5.82 Å². The molecule has 4 rings (SSSR count). The highest BCUT2D eigenvalue weighted by Gasteiger charge is 2.50. The number of nitrogens with one attached hydrogen (secondary N) is 1. The molecule has 0 bridgehead atoms. The monoisotopic (exact) mass is 431 g/mol. The maximum atomic E-state index is 14.6. The second kappa shape index (κ2) is 7.49. The molecule has 0 spiro atoms. The number of rotatable bonds is 1. The highest BCUT2D eigenvalue weighted by Crippen LogP contribution is 2.41. The van der Waals surface area contributed by atoms with Gasteiger partial charge in [0.15, 0.2) is 6.10 Å². The first-order chi connectivity index (χ1) is 14.5. The molecule has 4 nitrogen and oxygen atoms in total. The molecular weight excluding hydrogens is 410 g/mol. The molecule has 0 radical (unpaired) electrons. The third kappa shape index (κ3) is 4.18. The summed E-state index contributed by atoms with van der Waals surface area (Å²) < 4.78 is 59.0. The van der Waals surface area contributed by atoms with Crippen molar-refractivity contribution in [2.24, 2.45) is 10.7 Å². The number of benzene rings is 2. The van der Waals surface area contributed by atoms with Crippen LogP contribution in [0.3, 0.4) is 0 Å². The summed E-state index contributed by atoms with van der Waals surface area (Å²) in [6.45, 7) is 3.49. The third-order valence-electron chi connectivity index (χ3n) is 5.52. The lowest BCUT2D eigenvalue weighted by Crippen LogP contribution is -2.46. The van der Waals surface area contributed by atoms with Crippen molar-refractivity contribution >= 4 is 11.7 Å². The van der Waals surface area contributed by atoms with Gasteiger partial charge < -0.3 is 15.8 Å². The second-order valence-corrected chi connectivity index (χ2v) is 8.11. The number of aliphatic imine (C=N–C) groups is 1. The minimum atomic E-state index is -4.65. The molecule has 8 heteroatoms. The molecule has 3 N–H and O–H groups in total. The molecule has 1 unspecified atom stereocenters. The SMILES string of the molecule is CC1Cc2cccc(C#Cc3ccc(F)c([C@]4(C)C[C@@H](C(F)(F)F)OC(N)=N4)c3)c2N1. The van der Waals surface area contributed by atoms with E-state index < -0.39 is 36.1 Å². The van der Waals surface area contributed by atoms with Crippen molar-refractivity contribution in [3.05, 3.63) is 64.5 Å². The Morgan fingerprint density at radius 2 is 2.00 bits per heavy atom. The van der Waals surface area contributed by atoms with Gasteiger partial charge in [-0.2, -0.15) is 13.2 Å². The van der Waals surface area contributed by atoms with E-state index >= 15 is 0 Å². The van der Waals surface area contributed by atoms with Crippen LogP contribution in [0.4, 0.5) is 23.2 Å². The summed E-state index contributed by atoms with van der Waals surface area (Å²) in [5, 5.41) is 3.39. The Balaban J connectivity index is 1.69. The maximum absolute atomic E-state index is 14.6. The van der Waals surface area contributed by atoms with Crippen molar-refractivity contribution in [2.45, 2.75) is 50.6 Å². The fourth-order valence-electron chi connectivity index (χ4n) is 4.04. The first kappa shape index (κ1) is 21.0. The number of nitrogens with two attached hydrogens (primary N) is 1. The van der Waals surface area contributed by atoms with Crippen LogP contribution >= 0.6 is 0 Å². The Morgan fingerprint density at radius 1 is 1.23 bits per heavy atom. The van der Waals surface area contributed by atoms with Gasteiger partial charge in [0, 0.05) is 29.2 Å². The normalized spacial score (nSPS) is 24.9. The number of anilines is 1. The van der Waals surface area contributed by atoms with Crippen LogP contribution in [0, 0.1) is 17.7 Å². The highest BCUT2D eigenvalue weighted by atomic mass is 19.4. The van der Waals surface area contributed by atoms with Gasteiger partial charge in [0.05, 0.1) is 11.2 Å². The fourth-order valence-corrected chi connectivity index (χ4v) is 4.04. The third-order valence-corrected chi connectivity index (χ3v) is 5.52. The van der Waals surface area contributed by atoms with Gasteiger partial charge in [-0.05, 0) is 50.1 Å². The van der Waals surface area contributed by atoms with Crippen molar-refractivity contribution in [2.75, 3.05) is 5.32 Å². The number of halogens is 4. The van der Waals surface area contributed by atoms with Crippen molar-refractivity contribution in [1.29, 1.82) is 0 Å². The average molecular weight is 431 g/mol. The summed E-state index contributed by atoms with van der Waals surface area (Å²) in [4.78, 5) is 4.00. The number of amidine groups is 1. The van der Waals surface area contributed by atoms with E-state index in [0.29, 0.717) is 11.6 Å². The summed E-state index contributed by atoms with van der Waals surface area (Å²) in [5.41, 5.74) is 7.38. The first-order valence-corrected chi connectivity index (χ1v) is 9.84. The molecule has 0 aliphatic carbocycles. The van der Waals surface area contributed by atoms with Gasteiger partial charge in [-0.1, -0.05) is 24.0 Å². The van der Waals surface area contributed by atoms with Gasteiger partial charge in [-0.25, -0.2) is 9.38 Å². The summed E-state index contributed by atoms with van der Waals surface area (Å²) >= 11 is 0. The topological polar surface area (TPSA) is 59.6 Å². The lowest BCUT2D eigenvalue weighted by Gasteiger charge is -2.35. The lowest BCUT2D eigenvalue weighted by atomic mass is 9.84. The Kier molecular flexibility index (Phi) is 5.08. The van der Waals surface area contributed by atoms with E-state index in [0.717, 1.165) is 17.7 Å². The Bertz CT molecular complexity index is 1120. The number of ether oxygens (including phenoxy) is 1. The predicted molar refractivity (Wildman–Crippen MR) is 110 cm³/mol. The van der Waals surface area contributed by atoms with Crippen LogP contribution < -0.4 is 11.1 Å². The van der Waals surface area contributed by atoms with E-state index in [1.807, 2.05) is 18.2 Å². The van der Waals surface area contributed by atoms with Crippen LogP contribution in [-0.4, -0.2) is 24.3 Å². The molecule has 3 atom stereocenters. The zero-order chi connectivity index (χ0) is 22.4. The van der Waals surface area contributed by atoms with E-state index in [2.05, 4.69) is 33.8 Å². The number of para-hydroxylation sites is 1. The van der Waals surface area contributed by atoms with E-state index in [-0.39, 0.29) is 5.56 Å². The van der Waals surface area contributed by atoms with Crippen molar-refractivity contribution in [1.82, 2.24) is 0 Å². The molecule has 0 saturated heterocycles. The van der Waals surface area contributed by atoms with Gasteiger partial charge >= 0.3 is 6.18 Å². The standard InChI is InChI=1S/C23H21F4N3O/c1-13-10-16-5-3-4-15(20(16)29-13)8-6-14-7-9-18(24)17(11-14)22(2)12-19(23(25,26)27)31-21(28)30-22/h3-5,7,9,11,13,19,29H,10,12H2,1-2H3,(H2,28,30)/t13?,19-,22-/m0/s1. The van der Waals surface area contributed by atoms with E-state index in [4.69, 9.17) is 5.73 Å². The number of alkyl halides is 3. The molecule has 0 amide bonds. The largest absolute Gasteiger partial charge is 0.452 e. The minimum absolute atomic E-state index is 0.00941. The lowest BCUT2D eigenvalue weighted by molar-refractivity contribution is -0.208. The van der Waals surface area contributed by atoms with E-state index in [9.17, 15) is 17.6 Å². The van der Waals surface area contributed by atoms with Gasteiger partial charge in [-0.15, -0.1) is 0 Å². The van der Waals surface area contributed by atoms with Crippen LogP contribution in [-0.2, 0) is 16.7 Å². The summed E-state index contributed by atoms with van der Waals surface area (Å²) in [6, 6.07) is 9.65. The zero-order valence-corrected chi connectivity index (χ0v) is 17.0. The van der Waals surface area contributed by atoms with Crippen LogP contribution in [0.15, 0.2) is 41.4 Å². The van der Waals surface area contributed by atoms with Crippen molar-refractivity contribution < 1.29 is 22.3 Å². The molecular formula is C23H21F4N3O. The molecule has 2 aromatic rings. The second-order valence-electron chi connectivity index (χ2n) is 8.11. The molecule has 0 aromatic heterocycles. The van der Waals surface area contributed by atoms with E-state index in [1.165, 1.54) is 30.7 Å². The first-order valence-electron chi connectivity index (χ1n) is 9.84. The summed E-state index contributed by atoms with van der Waals surface area (Å²) in [7, 11) is 0. The summed E-state index contributed by atoms with van der Waals surface area (Å²) in [6.07, 6.45) is -6.48. The molecule has 0 fully saturated rings. The fraction of sp³-hybridized carbons (Fsp3) is 0.348. The molecule has 2 aliphatic heterocycles. The Morgan fingerprint density at radius 3 is 2.74 bits per heavy atom. The van der Waals surface area contributed by atoms with Crippen molar-refractivity contribution in [3.63, 3.8) is 0 Å². The summed E-state index contributed by atoms with van der Waals surface area (Å²) in [5.74, 6) is 5.40. The van der Waals surface area contributed by atoms with Crippen LogP contribution in [0.2, 0.25) is 0 Å². The number of hydrogen-bond donors (Lipinski definition) is 2. The minimum Gasteiger partial charge on any atom is -0.452 e. The molecule has 0 saturated carbocycles. The number of hydrogen-bond acceptors (Lipinski definition) is 4. The smallest absolute Gasteiger partial charge is 0.425 e. The Hall–Kier alpha value is -3.21. The quantitative estimate of drug-likeness (QED) is 0.518. The number of nitrogens with zero attached hydrogens (tertiary/aromatic N) is 1.